The molecule has 0 saturated heterocycles. The predicted octanol–water partition coefficient (Wildman–Crippen LogP) is 3.38. The van der Waals surface area contributed by atoms with Gasteiger partial charge in [0.05, 0.1) is 5.39 Å². The zero-order chi connectivity index (χ0) is 28.4. The Kier molecular flexibility index (Phi) is 7.22. The first-order valence-corrected chi connectivity index (χ1v) is 12.7. The predicted molar refractivity (Wildman–Crippen MR) is 148 cm³/mol. The minimum Gasteiger partial charge on any atom is -0.457 e. The average Bonchev–Trinajstić information content (AvgIpc) is 3.54. The molecule has 3 amide bonds. The Morgan fingerprint density at radius 3 is 2.52 bits per heavy atom. The normalized spacial score (nSPS) is 17.9. The van der Waals surface area contributed by atoms with E-state index in [1.54, 1.807) is 42.6 Å². The quantitative estimate of drug-likeness (QED) is 0.226. The van der Waals surface area contributed by atoms with Crippen LogP contribution >= 0.6 is 0 Å². The van der Waals surface area contributed by atoms with Crippen LogP contribution in [0, 0.1) is 11.2 Å². The van der Waals surface area contributed by atoms with Crippen LogP contribution < -0.4 is 21.1 Å². The van der Waals surface area contributed by atoms with Crippen molar-refractivity contribution < 1.29 is 23.5 Å². The van der Waals surface area contributed by atoms with Gasteiger partial charge in [0.25, 0.3) is 5.91 Å². The van der Waals surface area contributed by atoms with Crippen LogP contribution in [0.25, 0.3) is 11.0 Å². The number of aromatic nitrogens is 2. The number of H-pyrrole nitrogens is 1. The summed E-state index contributed by atoms with van der Waals surface area (Å²) in [4.78, 5) is 47.2. The van der Waals surface area contributed by atoms with Gasteiger partial charge < -0.3 is 31.0 Å². The topological polar surface area (TPSA) is 142 Å². The molecular weight excluding hydrogens is 515 g/mol. The largest absolute Gasteiger partial charge is 0.457 e. The van der Waals surface area contributed by atoms with Gasteiger partial charge in [0.15, 0.2) is 0 Å². The van der Waals surface area contributed by atoms with Gasteiger partial charge in [0, 0.05) is 30.9 Å². The minimum atomic E-state index is -1.39. The van der Waals surface area contributed by atoms with E-state index in [-0.39, 0.29) is 12.3 Å². The number of rotatable bonds is 10. The van der Waals surface area contributed by atoms with Gasteiger partial charge in [-0.15, -0.1) is 0 Å². The Hall–Kier alpha value is -4.77. The van der Waals surface area contributed by atoms with E-state index in [2.05, 4.69) is 20.6 Å². The lowest BCUT2D eigenvalue weighted by molar-refractivity contribution is -0.132. The Balaban J connectivity index is 1.28. The SMILES string of the molecule is CN(C)CCNC(=O)c1cc2c(Oc3ccc(C4CC4(C(N)=O)C(=O)Nc4ccc(F)cc4)cc3)ccnc2[nH]1. The number of hydrogen-bond acceptors (Lipinski definition) is 6. The number of amides is 3. The third kappa shape index (κ3) is 5.36. The average molecular weight is 545 g/mol. The molecule has 0 bridgehead atoms. The van der Waals surface area contributed by atoms with Crippen LogP contribution in [-0.4, -0.2) is 59.8 Å². The summed E-state index contributed by atoms with van der Waals surface area (Å²) in [6.45, 7) is 1.23. The second kappa shape index (κ2) is 10.8. The molecule has 2 unspecified atom stereocenters. The van der Waals surface area contributed by atoms with Crippen molar-refractivity contribution in [3.63, 3.8) is 0 Å². The molecule has 1 fully saturated rings. The fraction of sp³-hybridized carbons (Fsp3) is 0.241. The number of nitrogens with two attached hydrogens (primary N) is 1. The van der Waals surface area contributed by atoms with Gasteiger partial charge in [-0.3, -0.25) is 14.4 Å². The van der Waals surface area contributed by atoms with Crippen molar-refractivity contribution in [2.24, 2.45) is 11.1 Å². The van der Waals surface area contributed by atoms with E-state index in [9.17, 15) is 18.8 Å². The number of aromatic amines is 1. The second-order valence-electron chi connectivity index (χ2n) is 10.0. The number of halogens is 1. The highest BCUT2D eigenvalue weighted by molar-refractivity contribution is 6.14. The number of fused-ring (bicyclic) bond motifs is 1. The van der Waals surface area contributed by atoms with Crippen LogP contribution in [0.3, 0.4) is 0 Å². The van der Waals surface area contributed by atoms with Gasteiger partial charge in [-0.25, -0.2) is 9.37 Å². The summed E-state index contributed by atoms with van der Waals surface area (Å²) in [5, 5.41) is 6.18. The fourth-order valence-electron chi connectivity index (χ4n) is 4.67. The summed E-state index contributed by atoms with van der Waals surface area (Å²) in [5.41, 5.74) is 6.31. The van der Waals surface area contributed by atoms with Gasteiger partial charge in [-0.2, -0.15) is 0 Å². The number of benzene rings is 2. The Morgan fingerprint density at radius 2 is 1.85 bits per heavy atom. The number of pyridine rings is 1. The summed E-state index contributed by atoms with van der Waals surface area (Å²) in [6.07, 6.45) is 1.85. The molecule has 2 aromatic heterocycles. The third-order valence-electron chi connectivity index (χ3n) is 7.00. The van der Waals surface area contributed by atoms with Crippen LogP contribution in [0.15, 0.2) is 66.9 Å². The van der Waals surface area contributed by atoms with E-state index >= 15 is 0 Å². The van der Waals surface area contributed by atoms with Crippen molar-refractivity contribution in [2.75, 3.05) is 32.5 Å². The lowest BCUT2D eigenvalue weighted by Crippen LogP contribution is -2.37. The zero-order valence-electron chi connectivity index (χ0n) is 22.0. The molecule has 40 heavy (non-hydrogen) atoms. The zero-order valence-corrected chi connectivity index (χ0v) is 22.0. The van der Waals surface area contributed by atoms with E-state index in [0.29, 0.717) is 40.5 Å². The highest BCUT2D eigenvalue weighted by Crippen LogP contribution is 2.60. The molecule has 2 aromatic carbocycles. The number of nitrogens with zero attached hydrogens (tertiary/aromatic N) is 2. The van der Waals surface area contributed by atoms with Crippen molar-refractivity contribution in [3.8, 4) is 11.5 Å². The van der Waals surface area contributed by atoms with E-state index in [1.165, 1.54) is 24.3 Å². The van der Waals surface area contributed by atoms with E-state index in [1.807, 2.05) is 19.0 Å². The molecule has 1 aliphatic carbocycles. The molecule has 206 valence electrons. The van der Waals surface area contributed by atoms with Crippen LogP contribution in [0.5, 0.6) is 11.5 Å². The number of hydrogen-bond donors (Lipinski definition) is 4. The molecule has 2 heterocycles. The smallest absolute Gasteiger partial charge is 0.267 e. The molecule has 0 aliphatic heterocycles. The lowest BCUT2D eigenvalue weighted by atomic mass is 9.97. The number of carbonyl (C=O) groups excluding carboxylic acids is 3. The van der Waals surface area contributed by atoms with Crippen LogP contribution in [0.4, 0.5) is 10.1 Å². The molecule has 10 nitrogen and oxygen atoms in total. The highest BCUT2D eigenvalue weighted by Gasteiger charge is 2.65. The first-order valence-electron chi connectivity index (χ1n) is 12.7. The molecule has 0 spiro atoms. The summed E-state index contributed by atoms with van der Waals surface area (Å²) in [5.74, 6) is -1.27. The highest BCUT2D eigenvalue weighted by atomic mass is 19.1. The molecule has 0 radical (unpaired) electrons. The molecule has 2 atom stereocenters. The van der Waals surface area contributed by atoms with E-state index < -0.39 is 29.0 Å². The Morgan fingerprint density at radius 1 is 1.12 bits per heavy atom. The van der Waals surface area contributed by atoms with E-state index in [0.717, 1.165) is 12.1 Å². The van der Waals surface area contributed by atoms with Crippen molar-refractivity contribution in [3.05, 3.63) is 83.9 Å². The Bertz CT molecular complexity index is 1570. The van der Waals surface area contributed by atoms with Crippen LogP contribution in [-0.2, 0) is 9.59 Å². The lowest BCUT2D eigenvalue weighted by Gasteiger charge is -2.14. The van der Waals surface area contributed by atoms with Crippen molar-refractivity contribution >= 4 is 34.4 Å². The summed E-state index contributed by atoms with van der Waals surface area (Å²) >= 11 is 0. The number of carbonyl (C=O) groups is 3. The van der Waals surface area contributed by atoms with Crippen molar-refractivity contribution in [1.29, 1.82) is 0 Å². The number of anilines is 1. The first kappa shape index (κ1) is 26.8. The maximum absolute atomic E-state index is 13.2. The van der Waals surface area contributed by atoms with Crippen molar-refractivity contribution in [2.45, 2.75) is 12.3 Å². The van der Waals surface area contributed by atoms with Gasteiger partial charge in [0.1, 0.15) is 34.1 Å². The molecule has 1 aliphatic rings. The van der Waals surface area contributed by atoms with Gasteiger partial charge in [0.2, 0.25) is 11.8 Å². The molecule has 5 rings (SSSR count). The maximum atomic E-state index is 13.2. The molecular formula is C29H29FN6O4. The third-order valence-corrected chi connectivity index (χ3v) is 7.00. The van der Waals surface area contributed by atoms with Crippen molar-refractivity contribution in [1.82, 2.24) is 20.2 Å². The molecule has 4 aromatic rings. The fourth-order valence-corrected chi connectivity index (χ4v) is 4.67. The van der Waals surface area contributed by atoms with Crippen LogP contribution in [0.2, 0.25) is 0 Å². The Labute approximate surface area is 229 Å². The first-order chi connectivity index (χ1) is 19.2. The maximum Gasteiger partial charge on any atom is 0.267 e. The molecule has 11 heteroatoms. The minimum absolute atomic E-state index is 0.235. The van der Waals surface area contributed by atoms with Crippen LogP contribution in [0.1, 0.15) is 28.4 Å². The molecule has 5 N–H and O–H groups in total. The van der Waals surface area contributed by atoms with Gasteiger partial charge >= 0.3 is 0 Å². The van der Waals surface area contributed by atoms with Gasteiger partial charge in [-0.1, -0.05) is 12.1 Å². The number of nitrogens with one attached hydrogen (secondary N) is 3. The number of ether oxygens (including phenoxy) is 1. The standard InChI is InChI=1S/C29H29FN6O4/c1-36(2)14-13-33-26(37)23-15-21-24(11-12-32-25(21)35-23)40-20-9-3-17(4-10-20)22-16-29(22,27(31)38)28(39)34-19-7-5-18(30)6-8-19/h3-12,15,22H,13-14,16H2,1-2H3,(H2,31,38)(H,32,35)(H,33,37)(H,34,39). The van der Waals surface area contributed by atoms with Gasteiger partial charge in [-0.05, 0) is 74.6 Å². The second-order valence-corrected chi connectivity index (χ2v) is 10.0. The molecule has 1 saturated carbocycles. The monoisotopic (exact) mass is 544 g/mol. The summed E-state index contributed by atoms with van der Waals surface area (Å²) < 4.78 is 19.3. The number of likely N-dealkylation sites (N-methyl/N-ethyl adjacent to an activating group) is 1. The summed E-state index contributed by atoms with van der Waals surface area (Å²) in [7, 11) is 3.86. The van der Waals surface area contributed by atoms with E-state index in [4.69, 9.17) is 10.5 Å². The summed E-state index contributed by atoms with van der Waals surface area (Å²) in [6, 6.07) is 15.8. The number of primary amides is 1.